The van der Waals surface area contributed by atoms with Gasteiger partial charge in [0.1, 0.15) is 6.10 Å². The summed E-state index contributed by atoms with van der Waals surface area (Å²) in [5, 5.41) is 8.94. The highest BCUT2D eigenvalue weighted by Crippen LogP contribution is 2.09. The van der Waals surface area contributed by atoms with Crippen molar-refractivity contribution in [1.82, 2.24) is 0 Å². The Morgan fingerprint density at radius 2 is 1.44 bits per heavy atom. The third-order valence-electron chi connectivity index (χ3n) is 3.89. The van der Waals surface area contributed by atoms with Crippen LogP contribution in [0.1, 0.15) is 90.9 Å². The average molecular weight is 353 g/mol. The molecule has 0 aromatic heterocycles. The van der Waals surface area contributed by atoms with Crippen LogP contribution < -0.4 is 0 Å². The number of esters is 2. The Kier molecular flexibility index (Phi) is 16.4. The van der Waals surface area contributed by atoms with E-state index in [4.69, 9.17) is 5.11 Å². The van der Waals surface area contributed by atoms with Gasteiger partial charge in [0.15, 0.2) is 0 Å². The van der Waals surface area contributed by atoms with E-state index in [1.807, 2.05) is 0 Å². The molecule has 0 saturated heterocycles. The Morgan fingerprint density at radius 1 is 0.880 bits per heavy atom. The molecular weight excluding hydrogens is 316 g/mol. The van der Waals surface area contributed by atoms with E-state index in [0.717, 1.165) is 38.5 Å². The van der Waals surface area contributed by atoms with Gasteiger partial charge in [-0.1, -0.05) is 63.3 Å². The number of hydrogen-bond donors (Lipinski definition) is 1. The van der Waals surface area contributed by atoms with Crippen LogP contribution in [-0.2, 0) is 14.3 Å². The second kappa shape index (κ2) is 17.4. The summed E-state index contributed by atoms with van der Waals surface area (Å²) in [5.41, 5.74) is 0. The standard InChI is InChI=1S/C21H36O4/c1-3-4-5-6-7-8-9-10-11-12-13-14-15-16-17-18-20(23)25-21(24)19(2)22/h7-8,10-11,19,22H,3-6,9,12-18H2,1-2H3/b8-7-,11-10-. The molecule has 0 rings (SSSR count). The molecule has 4 heteroatoms. The normalized spacial score (nSPS) is 12.8. The van der Waals surface area contributed by atoms with Crippen LogP contribution in [0.3, 0.4) is 0 Å². The molecular formula is C21H36O4. The third-order valence-corrected chi connectivity index (χ3v) is 3.89. The SMILES string of the molecule is CCCCC/C=C\C/C=C\CCCCCCCC(=O)OC(=O)C(C)O. The molecule has 4 nitrogen and oxygen atoms in total. The van der Waals surface area contributed by atoms with Crippen LogP contribution in [-0.4, -0.2) is 23.1 Å². The minimum atomic E-state index is -1.24. The first-order valence-electron chi connectivity index (χ1n) is 9.80. The van der Waals surface area contributed by atoms with Crippen LogP contribution in [0.15, 0.2) is 24.3 Å². The molecule has 0 saturated carbocycles. The van der Waals surface area contributed by atoms with Gasteiger partial charge in [0, 0.05) is 6.42 Å². The summed E-state index contributed by atoms with van der Waals surface area (Å²) in [7, 11) is 0. The van der Waals surface area contributed by atoms with Crippen LogP contribution in [0.2, 0.25) is 0 Å². The van der Waals surface area contributed by atoms with Gasteiger partial charge in [0.2, 0.25) is 0 Å². The lowest BCUT2D eigenvalue weighted by Crippen LogP contribution is -2.22. The first-order valence-corrected chi connectivity index (χ1v) is 9.80. The molecule has 0 aliphatic rings. The number of carbonyl (C=O) groups is 2. The molecule has 25 heavy (non-hydrogen) atoms. The van der Waals surface area contributed by atoms with Crippen molar-refractivity contribution in [3.05, 3.63) is 24.3 Å². The van der Waals surface area contributed by atoms with Crippen LogP contribution in [0.25, 0.3) is 0 Å². The van der Waals surface area contributed by atoms with E-state index in [2.05, 4.69) is 36.0 Å². The van der Waals surface area contributed by atoms with Crippen LogP contribution in [0.5, 0.6) is 0 Å². The molecule has 1 atom stereocenters. The molecule has 0 aromatic rings. The molecule has 0 aromatic carbocycles. The molecule has 0 aliphatic heterocycles. The lowest BCUT2D eigenvalue weighted by Gasteiger charge is -2.04. The fourth-order valence-corrected chi connectivity index (χ4v) is 2.33. The Bertz CT molecular complexity index is 397. The van der Waals surface area contributed by atoms with Crippen molar-refractivity contribution in [2.24, 2.45) is 0 Å². The second-order valence-corrected chi connectivity index (χ2v) is 6.45. The number of aliphatic hydroxyl groups excluding tert-OH is 1. The van der Waals surface area contributed by atoms with Gasteiger partial charge in [-0.25, -0.2) is 4.79 Å². The summed E-state index contributed by atoms with van der Waals surface area (Å²) < 4.78 is 4.49. The lowest BCUT2D eigenvalue weighted by molar-refractivity contribution is -0.165. The Hall–Kier alpha value is -1.42. The molecule has 0 fully saturated rings. The van der Waals surface area contributed by atoms with Crippen molar-refractivity contribution < 1.29 is 19.4 Å². The summed E-state index contributed by atoms with van der Waals surface area (Å²) >= 11 is 0. The molecule has 1 N–H and O–H groups in total. The zero-order valence-electron chi connectivity index (χ0n) is 16.0. The maximum absolute atomic E-state index is 11.3. The molecule has 0 amide bonds. The largest absolute Gasteiger partial charge is 0.391 e. The maximum atomic E-state index is 11.3. The number of ether oxygens (including phenoxy) is 1. The Labute approximate surface area is 153 Å². The van der Waals surface area contributed by atoms with Gasteiger partial charge in [0.05, 0.1) is 0 Å². The average Bonchev–Trinajstić information content (AvgIpc) is 2.58. The van der Waals surface area contributed by atoms with Crippen molar-refractivity contribution in [3.8, 4) is 0 Å². The Balaban J connectivity index is 3.37. The molecule has 1 unspecified atom stereocenters. The van der Waals surface area contributed by atoms with Crippen LogP contribution in [0.4, 0.5) is 0 Å². The highest BCUT2D eigenvalue weighted by molar-refractivity contribution is 5.87. The fourth-order valence-electron chi connectivity index (χ4n) is 2.33. The highest BCUT2D eigenvalue weighted by atomic mass is 16.6. The van der Waals surface area contributed by atoms with Crippen molar-refractivity contribution in [2.45, 2.75) is 97.0 Å². The summed E-state index contributed by atoms with van der Waals surface area (Å²) in [4.78, 5) is 22.3. The van der Waals surface area contributed by atoms with Crippen LogP contribution in [0, 0.1) is 0 Å². The molecule has 0 spiro atoms. The topological polar surface area (TPSA) is 63.6 Å². The quantitative estimate of drug-likeness (QED) is 0.189. The van der Waals surface area contributed by atoms with Gasteiger partial charge in [-0.2, -0.15) is 0 Å². The van der Waals surface area contributed by atoms with Crippen molar-refractivity contribution in [1.29, 1.82) is 0 Å². The summed E-state index contributed by atoms with van der Waals surface area (Å²) in [6.07, 6.45) is 20.3. The van der Waals surface area contributed by atoms with E-state index in [0.29, 0.717) is 0 Å². The van der Waals surface area contributed by atoms with Gasteiger partial charge in [-0.15, -0.1) is 0 Å². The minimum Gasteiger partial charge on any atom is -0.391 e. The first kappa shape index (κ1) is 23.6. The summed E-state index contributed by atoms with van der Waals surface area (Å²) in [5.74, 6) is -1.41. The molecule has 0 bridgehead atoms. The molecule has 0 aliphatic carbocycles. The number of rotatable bonds is 15. The number of aliphatic hydroxyl groups is 1. The van der Waals surface area contributed by atoms with Gasteiger partial charge in [-0.3, -0.25) is 4.79 Å². The zero-order valence-corrected chi connectivity index (χ0v) is 16.0. The summed E-state index contributed by atoms with van der Waals surface area (Å²) in [6, 6.07) is 0. The minimum absolute atomic E-state index is 0.239. The monoisotopic (exact) mass is 352 g/mol. The molecule has 144 valence electrons. The lowest BCUT2D eigenvalue weighted by atomic mass is 10.1. The van der Waals surface area contributed by atoms with E-state index >= 15 is 0 Å². The first-order chi connectivity index (χ1) is 12.1. The van der Waals surface area contributed by atoms with E-state index in [-0.39, 0.29) is 6.42 Å². The molecule has 0 heterocycles. The van der Waals surface area contributed by atoms with Crippen molar-refractivity contribution >= 4 is 11.9 Å². The summed E-state index contributed by atoms with van der Waals surface area (Å²) in [6.45, 7) is 3.51. The smallest absolute Gasteiger partial charge is 0.342 e. The second-order valence-electron chi connectivity index (χ2n) is 6.45. The highest BCUT2D eigenvalue weighted by Gasteiger charge is 2.14. The van der Waals surface area contributed by atoms with E-state index in [9.17, 15) is 9.59 Å². The van der Waals surface area contributed by atoms with E-state index < -0.39 is 18.0 Å². The number of hydrogen-bond acceptors (Lipinski definition) is 4. The predicted molar refractivity (Wildman–Crippen MR) is 102 cm³/mol. The maximum Gasteiger partial charge on any atom is 0.342 e. The van der Waals surface area contributed by atoms with E-state index in [1.54, 1.807) is 0 Å². The zero-order chi connectivity index (χ0) is 18.8. The number of carbonyl (C=O) groups excluding carboxylic acids is 2. The Morgan fingerprint density at radius 3 is 2.04 bits per heavy atom. The van der Waals surface area contributed by atoms with Gasteiger partial charge in [-0.05, 0) is 45.4 Å². The van der Waals surface area contributed by atoms with Gasteiger partial charge >= 0.3 is 11.9 Å². The van der Waals surface area contributed by atoms with Gasteiger partial charge < -0.3 is 9.84 Å². The predicted octanol–water partition coefficient (Wildman–Crippen LogP) is 5.25. The number of unbranched alkanes of at least 4 members (excludes halogenated alkanes) is 8. The van der Waals surface area contributed by atoms with Gasteiger partial charge in [0.25, 0.3) is 0 Å². The number of allylic oxidation sites excluding steroid dienone is 4. The van der Waals surface area contributed by atoms with Crippen LogP contribution >= 0.6 is 0 Å². The van der Waals surface area contributed by atoms with Crippen molar-refractivity contribution in [2.75, 3.05) is 0 Å². The fraction of sp³-hybridized carbons (Fsp3) is 0.714. The third kappa shape index (κ3) is 17.2. The van der Waals surface area contributed by atoms with E-state index in [1.165, 1.54) is 39.0 Å². The van der Waals surface area contributed by atoms with Crippen molar-refractivity contribution in [3.63, 3.8) is 0 Å². The molecule has 0 radical (unpaired) electrons.